The minimum Gasteiger partial charge on any atom is -0.369 e. The van der Waals surface area contributed by atoms with Crippen molar-refractivity contribution in [1.82, 2.24) is 0 Å². The van der Waals surface area contributed by atoms with Crippen molar-refractivity contribution in [2.75, 3.05) is 6.61 Å². The van der Waals surface area contributed by atoms with Crippen molar-refractivity contribution in [3.8, 4) is 0 Å². The molecule has 0 N–H and O–H groups in total. The highest BCUT2D eigenvalue weighted by atomic mass is 79.9. The van der Waals surface area contributed by atoms with Gasteiger partial charge in [0.2, 0.25) is 0 Å². The predicted octanol–water partition coefficient (Wildman–Crippen LogP) is 3.19. The zero-order valence-electron chi connectivity index (χ0n) is 9.00. The zero-order chi connectivity index (χ0) is 11.3. The number of halogens is 1. The second-order valence-electron chi connectivity index (χ2n) is 3.74. The topological polar surface area (TPSA) is 26.3 Å². The number of ether oxygens (including phenoxy) is 1. The van der Waals surface area contributed by atoms with Crippen molar-refractivity contribution < 1.29 is 9.53 Å². The quantitative estimate of drug-likeness (QED) is 0.822. The van der Waals surface area contributed by atoms with Crippen LogP contribution in [0.4, 0.5) is 0 Å². The summed E-state index contributed by atoms with van der Waals surface area (Å²) in [6.45, 7) is 4.44. The molecule has 0 fully saturated rings. The molecule has 0 aliphatic heterocycles. The van der Waals surface area contributed by atoms with Crippen molar-refractivity contribution in [3.63, 3.8) is 0 Å². The third-order valence-electron chi connectivity index (χ3n) is 2.05. The van der Waals surface area contributed by atoms with Crippen LogP contribution in [0.1, 0.15) is 19.4 Å². The lowest BCUT2D eigenvalue weighted by Crippen LogP contribution is -2.14. The zero-order valence-corrected chi connectivity index (χ0v) is 10.6. The van der Waals surface area contributed by atoms with Gasteiger partial charge in [0, 0.05) is 10.4 Å². The average molecular weight is 271 g/mol. The Morgan fingerprint density at radius 3 is 2.80 bits per heavy atom. The lowest BCUT2D eigenvalue weighted by Gasteiger charge is -2.06. The number of carbonyl (C=O) groups is 1. The first-order chi connectivity index (χ1) is 7.09. The largest absolute Gasteiger partial charge is 0.369 e. The molecule has 0 radical (unpaired) electrons. The molecule has 1 aromatic rings. The molecule has 2 nitrogen and oxygen atoms in total. The van der Waals surface area contributed by atoms with Crippen LogP contribution in [0.3, 0.4) is 0 Å². The number of benzene rings is 1. The van der Waals surface area contributed by atoms with Gasteiger partial charge in [-0.05, 0) is 17.7 Å². The first-order valence-corrected chi connectivity index (χ1v) is 5.74. The summed E-state index contributed by atoms with van der Waals surface area (Å²) in [6, 6.07) is 7.88. The molecule has 0 unspecified atom stereocenters. The van der Waals surface area contributed by atoms with Gasteiger partial charge in [-0.2, -0.15) is 0 Å². The molecule has 0 bridgehead atoms. The molecule has 0 aliphatic carbocycles. The smallest absolute Gasteiger partial charge is 0.160 e. The Hall–Kier alpha value is -0.670. The Bertz CT molecular complexity index is 334. The normalized spacial score (nSPS) is 10.7. The third kappa shape index (κ3) is 4.58. The predicted molar refractivity (Wildman–Crippen MR) is 63.6 cm³/mol. The first-order valence-electron chi connectivity index (χ1n) is 4.94. The van der Waals surface area contributed by atoms with Gasteiger partial charge < -0.3 is 4.74 Å². The van der Waals surface area contributed by atoms with Crippen molar-refractivity contribution in [2.45, 2.75) is 20.5 Å². The van der Waals surface area contributed by atoms with Gasteiger partial charge >= 0.3 is 0 Å². The van der Waals surface area contributed by atoms with Gasteiger partial charge in [0.15, 0.2) is 5.78 Å². The maximum Gasteiger partial charge on any atom is 0.160 e. The fraction of sp³-hybridized carbons (Fsp3) is 0.417. The van der Waals surface area contributed by atoms with E-state index in [9.17, 15) is 4.79 Å². The van der Waals surface area contributed by atoms with E-state index in [2.05, 4.69) is 15.9 Å². The molecule has 0 saturated carbocycles. The van der Waals surface area contributed by atoms with Gasteiger partial charge in [-0.1, -0.05) is 41.9 Å². The summed E-state index contributed by atoms with van der Waals surface area (Å²) in [5, 5.41) is 0. The number of hydrogen-bond acceptors (Lipinski definition) is 2. The summed E-state index contributed by atoms with van der Waals surface area (Å²) in [5.41, 5.74) is 1.07. The van der Waals surface area contributed by atoms with Crippen molar-refractivity contribution >= 4 is 21.7 Å². The van der Waals surface area contributed by atoms with E-state index in [0.717, 1.165) is 10.0 Å². The van der Waals surface area contributed by atoms with E-state index < -0.39 is 0 Å². The van der Waals surface area contributed by atoms with Crippen LogP contribution in [0.2, 0.25) is 0 Å². The van der Waals surface area contributed by atoms with E-state index in [0.29, 0.717) is 6.61 Å². The molecule has 0 aromatic heterocycles. The fourth-order valence-corrected chi connectivity index (χ4v) is 1.51. The van der Waals surface area contributed by atoms with Crippen molar-refractivity contribution in [3.05, 3.63) is 34.3 Å². The van der Waals surface area contributed by atoms with E-state index in [-0.39, 0.29) is 18.3 Å². The molecule has 0 aliphatic rings. The molecule has 1 rings (SSSR count). The van der Waals surface area contributed by atoms with Crippen LogP contribution in [0.5, 0.6) is 0 Å². The third-order valence-corrected chi connectivity index (χ3v) is 2.54. The van der Waals surface area contributed by atoms with E-state index in [1.807, 2.05) is 38.1 Å². The first kappa shape index (κ1) is 12.4. The highest BCUT2D eigenvalue weighted by Gasteiger charge is 2.06. The summed E-state index contributed by atoms with van der Waals surface area (Å²) in [6.07, 6.45) is 0. The molecule has 0 atom stereocenters. The molecule has 0 saturated heterocycles. The standard InChI is InChI=1S/C12H15BrO2/c1-9(2)12(14)8-15-7-10-4-3-5-11(13)6-10/h3-6,9H,7-8H2,1-2H3. The highest BCUT2D eigenvalue weighted by molar-refractivity contribution is 9.10. The van der Waals surface area contributed by atoms with Crippen LogP contribution in [0.25, 0.3) is 0 Å². The Morgan fingerprint density at radius 2 is 2.20 bits per heavy atom. The van der Waals surface area contributed by atoms with Gasteiger partial charge in [0.1, 0.15) is 6.61 Å². The van der Waals surface area contributed by atoms with E-state index in [1.165, 1.54) is 0 Å². The number of Topliss-reactive ketones (excluding diaryl/α,β-unsaturated/α-hetero) is 1. The maximum atomic E-state index is 11.3. The van der Waals surface area contributed by atoms with E-state index in [4.69, 9.17) is 4.74 Å². The maximum absolute atomic E-state index is 11.3. The monoisotopic (exact) mass is 270 g/mol. The minimum atomic E-state index is 0.0486. The number of ketones is 1. The van der Waals surface area contributed by atoms with Crippen LogP contribution in [-0.2, 0) is 16.1 Å². The Kier molecular flexibility index (Phi) is 4.99. The van der Waals surface area contributed by atoms with Crippen LogP contribution >= 0.6 is 15.9 Å². The molecular weight excluding hydrogens is 256 g/mol. The van der Waals surface area contributed by atoms with Crippen LogP contribution in [-0.4, -0.2) is 12.4 Å². The average Bonchev–Trinajstić information content (AvgIpc) is 2.17. The number of hydrogen-bond donors (Lipinski definition) is 0. The molecule has 0 amide bonds. The van der Waals surface area contributed by atoms with Gasteiger partial charge in [0.25, 0.3) is 0 Å². The molecule has 1 aromatic carbocycles. The summed E-state index contributed by atoms with van der Waals surface area (Å²) in [7, 11) is 0. The van der Waals surface area contributed by atoms with Gasteiger partial charge in [0.05, 0.1) is 6.61 Å². The SMILES string of the molecule is CC(C)C(=O)COCc1cccc(Br)c1. The van der Waals surface area contributed by atoms with Crippen molar-refractivity contribution in [1.29, 1.82) is 0 Å². The Morgan fingerprint density at radius 1 is 1.47 bits per heavy atom. The molecule has 82 valence electrons. The van der Waals surface area contributed by atoms with Gasteiger partial charge in [-0.25, -0.2) is 0 Å². The molecule has 0 heterocycles. The lowest BCUT2D eigenvalue weighted by atomic mass is 10.1. The Labute approximate surface area is 98.8 Å². The van der Waals surface area contributed by atoms with Crippen molar-refractivity contribution in [2.24, 2.45) is 5.92 Å². The lowest BCUT2D eigenvalue weighted by molar-refractivity contribution is -0.126. The number of carbonyl (C=O) groups excluding carboxylic acids is 1. The Balaban J connectivity index is 2.35. The molecular formula is C12H15BrO2. The van der Waals surface area contributed by atoms with Gasteiger partial charge in [-0.15, -0.1) is 0 Å². The molecule has 0 spiro atoms. The fourth-order valence-electron chi connectivity index (χ4n) is 1.06. The highest BCUT2D eigenvalue weighted by Crippen LogP contribution is 2.12. The summed E-state index contributed by atoms with van der Waals surface area (Å²) in [4.78, 5) is 11.3. The molecule has 15 heavy (non-hydrogen) atoms. The van der Waals surface area contributed by atoms with Crippen LogP contribution in [0.15, 0.2) is 28.7 Å². The second-order valence-corrected chi connectivity index (χ2v) is 4.66. The summed E-state index contributed by atoms with van der Waals surface area (Å²) in [5.74, 6) is 0.192. The van der Waals surface area contributed by atoms with Gasteiger partial charge in [-0.3, -0.25) is 4.79 Å². The van der Waals surface area contributed by atoms with Crippen LogP contribution in [0, 0.1) is 5.92 Å². The second kappa shape index (κ2) is 6.03. The van der Waals surface area contributed by atoms with Crippen LogP contribution < -0.4 is 0 Å². The minimum absolute atomic E-state index is 0.0486. The van der Waals surface area contributed by atoms with E-state index in [1.54, 1.807) is 0 Å². The van der Waals surface area contributed by atoms with E-state index >= 15 is 0 Å². The summed E-state index contributed by atoms with van der Waals surface area (Å²) < 4.78 is 6.35. The molecule has 3 heteroatoms. The summed E-state index contributed by atoms with van der Waals surface area (Å²) >= 11 is 3.38. The number of rotatable bonds is 5.